The normalized spacial score (nSPS) is 12.6. The lowest BCUT2D eigenvalue weighted by atomic mass is 9.97. The third-order valence-electron chi connectivity index (χ3n) is 6.51. The van der Waals surface area contributed by atoms with Gasteiger partial charge in [-0.15, -0.1) is 6.42 Å². The topological polar surface area (TPSA) is 3.88 Å². The number of hydrogen-bond donors (Lipinski definition) is 0. The fourth-order valence-corrected chi connectivity index (χ4v) is 4.52. The second-order valence-corrected chi connectivity index (χ2v) is 9.59. The summed E-state index contributed by atoms with van der Waals surface area (Å²) in [6.45, 7) is 17.1. The van der Waals surface area contributed by atoms with Gasteiger partial charge in [0.25, 0.3) is 0 Å². The molecule has 0 fully saturated rings. The monoisotopic (exact) mass is 534 g/mol. The van der Waals surface area contributed by atoms with Gasteiger partial charge in [0.2, 0.25) is 5.69 Å². The Morgan fingerprint density at radius 1 is 0.900 bits per heavy atom. The largest absolute Gasteiger partial charge is 0.213 e. The molecular formula is C39H52N+. The zero-order valence-corrected chi connectivity index (χ0v) is 26.3. The lowest BCUT2D eigenvalue weighted by Crippen LogP contribution is -2.40. The fourth-order valence-electron chi connectivity index (χ4n) is 4.52. The Kier molecular flexibility index (Phi) is 17.5. The van der Waals surface area contributed by atoms with Crippen LogP contribution in [0.25, 0.3) is 16.8 Å². The van der Waals surface area contributed by atoms with Gasteiger partial charge < -0.3 is 0 Å². The molecule has 3 aromatic rings. The van der Waals surface area contributed by atoms with Crippen molar-refractivity contribution in [2.75, 3.05) is 0 Å². The van der Waals surface area contributed by atoms with Gasteiger partial charge in [0.1, 0.15) is 0 Å². The Balaban J connectivity index is 0.00000150. The summed E-state index contributed by atoms with van der Waals surface area (Å²) in [6, 6.07) is 23.8. The van der Waals surface area contributed by atoms with Gasteiger partial charge in [0.15, 0.2) is 12.2 Å². The summed E-state index contributed by atoms with van der Waals surface area (Å²) < 4.78 is 2.41. The van der Waals surface area contributed by atoms with Crippen molar-refractivity contribution in [1.29, 1.82) is 0 Å². The summed E-state index contributed by atoms with van der Waals surface area (Å²) in [5.41, 5.74) is 7.67. The van der Waals surface area contributed by atoms with E-state index in [9.17, 15) is 0 Å². The van der Waals surface area contributed by atoms with Crippen LogP contribution in [-0.4, -0.2) is 0 Å². The van der Waals surface area contributed by atoms with Gasteiger partial charge >= 0.3 is 0 Å². The summed E-state index contributed by atoms with van der Waals surface area (Å²) in [7, 11) is 0. The van der Waals surface area contributed by atoms with E-state index in [2.05, 4.69) is 137 Å². The van der Waals surface area contributed by atoms with Crippen molar-refractivity contribution in [1.82, 2.24) is 0 Å². The van der Waals surface area contributed by atoms with Crippen LogP contribution in [0.1, 0.15) is 103 Å². The number of rotatable bonds is 10. The predicted molar refractivity (Wildman–Crippen MR) is 178 cm³/mol. The van der Waals surface area contributed by atoms with Crippen molar-refractivity contribution >= 4 is 5.57 Å². The number of pyridine rings is 1. The van der Waals surface area contributed by atoms with E-state index in [0.29, 0.717) is 0 Å². The standard InChI is InChI=1S/C34H38N.C3H8.C2H6/c1-6-17-28(7-2)31-24-25-35(34(26-31)33-23-16-13-18-27(33)5)32(9-4)22-15-14-19-29(8-3)30-20-11-10-12-21-30;1-3-2;1-2/h3,7,10-16,18-26,29,32H,6,9,17H2,1-2,4-5H3;3H2,1-2H3;1-2H3/q+1;;/b19-14-,22-15-,28-7+;;. The molecule has 3 rings (SSSR count). The van der Waals surface area contributed by atoms with E-state index < -0.39 is 0 Å². The summed E-state index contributed by atoms with van der Waals surface area (Å²) >= 11 is 0. The van der Waals surface area contributed by atoms with E-state index in [-0.39, 0.29) is 12.0 Å². The van der Waals surface area contributed by atoms with E-state index in [1.165, 1.54) is 34.4 Å². The maximum atomic E-state index is 5.80. The van der Waals surface area contributed by atoms with E-state index in [1.54, 1.807) is 0 Å². The first-order valence-corrected chi connectivity index (χ1v) is 15.2. The zero-order valence-electron chi connectivity index (χ0n) is 26.3. The van der Waals surface area contributed by atoms with Crippen LogP contribution >= 0.6 is 0 Å². The number of aryl methyl sites for hydroxylation is 1. The van der Waals surface area contributed by atoms with Crippen molar-refractivity contribution in [3.63, 3.8) is 0 Å². The van der Waals surface area contributed by atoms with Crippen LogP contribution in [-0.2, 0) is 0 Å². The van der Waals surface area contributed by atoms with E-state index >= 15 is 0 Å². The minimum Gasteiger partial charge on any atom is -0.192 e. The van der Waals surface area contributed by atoms with Crippen LogP contribution in [0.2, 0.25) is 0 Å². The van der Waals surface area contributed by atoms with Crippen molar-refractivity contribution in [2.45, 2.75) is 93.0 Å². The molecular weight excluding hydrogens is 482 g/mol. The second kappa shape index (κ2) is 20.3. The Morgan fingerprint density at radius 2 is 1.52 bits per heavy atom. The highest BCUT2D eigenvalue weighted by Gasteiger charge is 2.22. The summed E-state index contributed by atoms with van der Waals surface area (Å²) in [6.07, 6.45) is 23.4. The van der Waals surface area contributed by atoms with Crippen molar-refractivity contribution < 1.29 is 4.57 Å². The number of allylic oxidation sites excluding steroid dienone is 6. The van der Waals surface area contributed by atoms with Crippen molar-refractivity contribution in [3.8, 4) is 23.6 Å². The minimum atomic E-state index is -0.0202. The first-order valence-electron chi connectivity index (χ1n) is 15.2. The third-order valence-corrected chi connectivity index (χ3v) is 6.51. The van der Waals surface area contributed by atoms with Gasteiger partial charge in [-0.2, -0.15) is 4.57 Å². The SMILES string of the molecule is C#CC(/C=C\C=C/C(CC)[n+]1ccc(/C(=C/C)CCC)cc1-c1ccccc1C)c1ccccc1.CC.CCC. The molecule has 212 valence electrons. The summed E-state index contributed by atoms with van der Waals surface area (Å²) in [5, 5.41) is 0. The molecule has 1 heterocycles. The Morgan fingerprint density at radius 3 is 2.10 bits per heavy atom. The molecule has 2 atom stereocenters. The van der Waals surface area contributed by atoms with Gasteiger partial charge in [0, 0.05) is 24.1 Å². The van der Waals surface area contributed by atoms with Gasteiger partial charge in [-0.1, -0.05) is 133 Å². The third kappa shape index (κ3) is 10.5. The number of hydrogen-bond acceptors (Lipinski definition) is 0. The second-order valence-electron chi connectivity index (χ2n) is 9.59. The van der Waals surface area contributed by atoms with Crippen LogP contribution in [0.3, 0.4) is 0 Å². The minimum absolute atomic E-state index is 0.0202. The molecule has 0 radical (unpaired) electrons. The number of nitrogens with zero attached hydrogens (tertiary/aromatic N) is 1. The van der Waals surface area contributed by atoms with Gasteiger partial charge in [-0.05, 0) is 54.7 Å². The molecule has 2 aromatic carbocycles. The fraction of sp³-hybridized carbons (Fsp3) is 0.359. The highest BCUT2D eigenvalue weighted by molar-refractivity contribution is 5.70. The van der Waals surface area contributed by atoms with Crippen LogP contribution in [0.4, 0.5) is 0 Å². The molecule has 0 bridgehead atoms. The highest BCUT2D eigenvalue weighted by atomic mass is 15.0. The maximum absolute atomic E-state index is 5.80. The Hall–Kier alpha value is -3.63. The molecule has 40 heavy (non-hydrogen) atoms. The first kappa shape index (κ1) is 34.4. The highest BCUT2D eigenvalue weighted by Crippen LogP contribution is 2.27. The maximum Gasteiger partial charge on any atom is 0.213 e. The first-order chi connectivity index (χ1) is 19.5. The molecule has 2 unspecified atom stereocenters. The van der Waals surface area contributed by atoms with Crippen LogP contribution < -0.4 is 4.57 Å². The Bertz CT molecular complexity index is 1240. The average Bonchev–Trinajstić information content (AvgIpc) is 3.00. The van der Waals surface area contributed by atoms with E-state index in [0.717, 1.165) is 24.8 Å². The smallest absolute Gasteiger partial charge is 0.192 e. The molecule has 0 aliphatic heterocycles. The van der Waals surface area contributed by atoms with Gasteiger partial charge in [-0.3, -0.25) is 0 Å². The van der Waals surface area contributed by atoms with E-state index in [4.69, 9.17) is 6.42 Å². The molecule has 0 saturated heterocycles. The summed E-state index contributed by atoms with van der Waals surface area (Å²) in [4.78, 5) is 0. The molecule has 0 N–H and O–H groups in total. The quantitative estimate of drug-likeness (QED) is 0.138. The molecule has 0 saturated carbocycles. The molecule has 0 amide bonds. The van der Waals surface area contributed by atoms with Crippen molar-refractivity contribution in [3.05, 3.63) is 120 Å². The molecule has 1 heteroatoms. The van der Waals surface area contributed by atoms with Crippen LogP contribution in [0, 0.1) is 19.3 Å². The molecule has 0 spiro atoms. The molecule has 0 aliphatic rings. The predicted octanol–water partition coefficient (Wildman–Crippen LogP) is 11.1. The molecule has 1 aromatic heterocycles. The van der Waals surface area contributed by atoms with Gasteiger partial charge in [-0.25, -0.2) is 0 Å². The summed E-state index contributed by atoms with van der Waals surface area (Å²) in [5.74, 6) is 2.87. The van der Waals surface area contributed by atoms with Crippen molar-refractivity contribution in [2.24, 2.45) is 0 Å². The molecule has 1 nitrogen and oxygen atoms in total. The van der Waals surface area contributed by atoms with Crippen LogP contribution in [0.5, 0.6) is 0 Å². The Labute approximate surface area is 246 Å². The average molecular weight is 535 g/mol. The molecule has 0 aliphatic carbocycles. The van der Waals surface area contributed by atoms with Crippen LogP contribution in [0.15, 0.2) is 103 Å². The lowest BCUT2D eigenvalue weighted by molar-refractivity contribution is -0.702. The zero-order chi connectivity index (χ0) is 29.8. The van der Waals surface area contributed by atoms with E-state index in [1.807, 2.05) is 32.0 Å². The number of aromatic nitrogens is 1. The number of terminal acetylenes is 1. The number of benzene rings is 2. The lowest BCUT2D eigenvalue weighted by Gasteiger charge is -2.14. The van der Waals surface area contributed by atoms with Gasteiger partial charge in [0.05, 0.1) is 5.92 Å².